The molecular formula is C18H20N6OS. The molecule has 0 radical (unpaired) electrons. The first kappa shape index (κ1) is 19.5. The molecule has 0 aliphatic heterocycles. The second-order valence-electron chi connectivity index (χ2n) is 5.59. The molecule has 1 heterocycles. The van der Waals surface area contributed by atoms with Gasteiger partial charge in [-0.2, -0.15) is 10.5 Å². The molecule has 0 fully saturated rings. The number of aromatic nitrogens is 3. The van der Waals surface area contributed by atoms with Crippen molar-refractivity contribution in [2.24, 2.45) is 0 Å². The van der Waals surface area contributed by atoms with Crippen molar-refractivity contribution in [3.8, 4) is 12.1 Å². The monoisotopic (exact) mass is 368 g/mol. The van der Waals surface area contributed by atoms with Crippen molar-refractivity contribution in [1.82, 2.24) is 19.7 Å². The van der Waals surface area contributed by atoms with E-state index in [4.69, 9.17) is 10.5 Å². The zero-order valence-electron chi connectivity index (χ0n) is 14.6. The predicted molar refractivity (Wildman–Crippen MR) is 98.1 cm³/mol. The van der Waals surface area contributed by atoms with Gasteiger partial charge in [0.25, 0.3) is 0 Å². The van der Waals surface area contributed by atoms with Gasteiger partial charge in [0.15, 0.2) is 5.16 Å². The van der Waals surface area contributed by atoms with E-state index in [1.807, 2.05) is 54.0 Å². The highest BCUT2D eigenvalue weighted by Crippen LogP contribution is 2.19. The van der Waals surface area contributed by atoms with E-state index in [2.05, 4.69) is 10.2 Å². The molecule has 0 saturated heterocycles. The van der Waals surface area contributed by atoms with Crippen LogP contribution in [0.1, 0.15) is 24.2 Å². The molecule has 7 nitrogen and oxygen atoms in total. The van der Waals surface area contributed by atoms with E-state index in [1.54, 1.807) is 4.90 Å². The lowest BCUT2D eigenvalue weighted by Gasteiger charge is -2.20. The fraction of sp³-hybridized carbons (Fsp3) is 0.389. The minimum atomic E-state index is -0.104. The van der Waals surface area contributed by atoms with E-state index in [0.717, 1.165) is 11.4 Å². The molecule has 0 bridgehead atoms. The highest BCUT2D eigenvalue weighted by atomic mass is 32.2. The highest BCUT2D eigenvalue weighted by Gasteiger charge is 2.16. The lowest BCUT2D eigenvalue weighted by molar-refractivity contribution is -0.128. The fourth-order valence-electron chi connectivity index (χ4n) is 2.37. The van der Waals surface area contributed by atoms with E-state index < -0.39 is 0 Å². The molecule has 2 rings (SSSR count). The Morgan fingerprint density at radius 3 is 2.42 bits per heavy atom. The van der Waals surface area contributed by atoms with Crippen molar-refractivity contribution in [2.45, 2.75) is 31.5 Å². The van der Waals surface area contributed by atoms with Gasteiger partial charge in [-0.05, 0) is 12.5 Å². The third-order valence-corrected chi connectivity index (χ3v) is 4.70. The third-order valence-electron chi connectivity index (χ3n) is 3.75. The van der Waals surface area contributed by atoms with Gasteiger partial charge in [-0.15, -0.1) is 10.2 Å². The van der Waals surface area contributed by atoms with E-state index >= 15 is 0 Å². The number of nitrogens with zero attached hydrogens (tertiary/aromatic N) is 6. The summed E-state index contributed by atoms with van der Waals surface area (Å²) in [7, 11) is 0. The van der Waals surface area contributed by atoms with Crippen LogP contribution in [0.5, 0.6) is 0 Å². The Hall–Kier alpha value is -2.84. The number of carbonyl (C=O) groups is 1. The molecule has 0 unspecified atom stereocenters. The van der Waals surface area contributed by atoms with Gasteiger partial charge in [0.2, 0.25) is 5.91 Å². The van der Waals surface area contributed by atoms with E-state index in [-0.39, 0.29) is 24.5 Å². The summed E-state index contributed by atoms with van der Waals surface area (Å²) in [6, 6.07) is 14.1. The number of benzene rings is 1. The van der Waals surface area contributed by atoms with Gasteiger partial charge < -0.3 is 9.47 Å². The summed E-state index contributed by atoms with van der Waals surface area (Å²) in [6.45, 7) is 3.21. The molecule has 0 spiro atoms. The highest BCUT2D eigenvalue weighted by molar-refractivity contribution is 7.99. The normalized spacial score (nSPS) is 10.1. The third kappa shape index (κ3) is 5.61. The number of carbonyl (C=O) groups excluding carboxylic acids is 1. The first-order chi connectivity index (χ1) is 12.7. The van der Waals surface area contributed by atoms with Crippen molar-refractivity contribution in [3.63, 3.8) is 0 Å². The largest absolute Gasteiger partial charge is 0.340 e. The number of hydrogen-bond donors (Lipinski definition) is 0. The van der Waals surface area contributed by atoms with Crippen LogP contribution in [0.4, 0.5) is 0 Å². The number of amides is 1. The number of thioether (sulfide) groups is 1. The van der Waals surface area contributed by atoms with Crippen LogP contribution in [-0.2, 0) is 11.3 Å². The molecule has 0 N–H and O–H groups in total. The molecule has 1 aromatic heterocycles. The van der Waals surface area contributed by atoms with Gasteiger partial charge in [0.05, 0.1) is 37.3 Å². The predicted octanol–water partition coefficient (Wildman–Crippen LogP) is 2.38. The number of rotatable bonds is 9. The van der Waals surface area contributed by atoms with Crippen LogP contribution < -0.4 is 0 Å². The quantitative estimate of drug-likeness (QED) is 0.630. The maximum atomic E-state index is 12.4. The molecule has 1 amide bonds. The van der Waals surface area contributed by atoms with Crippen LogP contribution in [0.3, 0.4) is 0 Å². The molecule has 0 aliphatic rings. The minimum absolute atomic E-state index is 0.104. The Bertz CT molecular complexity index is 787. The summed E-state index contributed by atoms with van der Waals surface area (Å²) in [4.78, 5) is 14.0. The number of hydrogen-bond acceptors (Lipinski definition) is 6. The van der Waals surface area contributed by atoms with Crippen LogP contribution in [0.15, 0.2) is 35.5 Å². The van der Waals surface area contributed by atoms with E-state index in [1.165, 1.54) is 11.8 Å². The van der Waals surface area contributed by atoms with Gasteiger partial charge in [-0.1, -0.05) is 42.1 Å². The lowest BCUT2D eigenvalue weighted by Crippen LogP contribution is -2.34. The maximum absolute atomic E-state index is 12.4. The smallest absolute Gasteiger partial charge is 0.233 e. The zero-order chi connectivity index (χ0) is 18.8. The van der Waals surface area contributed by atoms with E-state index in [0.29, 0.717) is 24.8 Å². The summed E-state index contributed by atoms with van der Waals surface area (Å²) < 4.78 is 1.97. The van der Waals surface area contributed by atoms with Crippen LogP contribution in [-0.4, -0.2) is 44.4 Å². The van der Waals surface area contributed by atoms with Gasteiger partial charge in [-0.3, -0.25) is 4.79 Å². The average molecular weight is 368 g/mol. The van der Waals surface area contributed by atoms with Crippen LogP contribution in [0, 0.1) is 29.6 Å². The summed E-state index contributed by atoms with van der Waals surface area (Å²) >= 11 is 1.32. The summed E-state index contributed by atoms with van der Waals surface area (Å²) in [5, 5.41) is 26.4. The topological polar surface area (TPSA) is 98.6 Å². The van der Waals surface area contributed by atoms with Crippen LogP contribution >= 0.6 is 11.8 Å². The summed E-state index contributed by atoms with van der Waals surface area (Å²) in [5.41, 5.74) is 1.13. The second-order valence-corrected chi connectivity index (χ2v) is 6.53. The van der Waals surface area contributed by atoms with Crippen molar-refractivity contribution in [3.05, 3.63) is 41.7 Å². The number of aryl methyl sites for hydroxylation is 1. The van der Waals surface area contributed by atoms with Gasteiger partial charge in [0.1, 0.15) is 5.82 Å². The Balaban J connectivity index is 2.01. The Kier molecular flexibility index (Phi) is 7.66. The fourth-order valence-corrected chi connectivity index (χ4v) is 3.25. The van der Waals surface area contributed by atoms with Crippen molar-refractivity contribution >= 4 is 17.7 Å². The first-order valence-electron chi connectivity index (χ1n) is 8.24. The van der Waals surface area contributed by atoms with Gasteiger partial charge >= 0.3 is 0 Å². The molecule has 2 aromatic rings. The lowest BCUT2D eigenvalue weighted by atomic mass is 10.2. The molecular weight excluding hydrogens is 348 g/mol. The molecule has 8 heteroatoms. The van der Waals surface area contributed by atoms with Crippen molar-refractivity contribution in [1.29, 1.82) is 10.5 Å². The van der Waals surface area contributed by atoms with Crippen LogP contribution in [0.2, 0.25) is 0 Å². The molecule has 0 aliphatic carbocycles. The van der Waals surface area contributed by atoms with Crippen LogP contribution in [0.25, 0.3) is 0 Å². The SMILES string of the molecule is Cc1nnc(SCC(=O)N(CCC#N)CCC#N)n1Cc1ccccc1. The summed E-state index contributed by atoms with van der Waals surface area (Å²) in [6.07, 6.45) is 0.510. The van der Waals surface area contributed by atoms with Crippen molar-refractivity contribution in [2.75, 3.05) is 18.8 Å². The standard InChI is InChI=1S/C18H20N6OS/c1-15-21-22-18(24(15)13-16-7-3-2-4-8-16)26-14-17(25)23(11-5-9-19)12-6-10-20/h2-4,7-8H,5-6,11-14H2,1H3. The van der Waals surface area contributed by atoms with Gasteiger partial charge in [-0.25, -0.2) is 0 Å². The average Bonchev–Trinajstić information content (AvgIpc) is 3.00. The summed E-state index contributed by atoms with van der Waals surface area (Å²) in [5.74, 6) is 0.881. The Labute approximate surface area is 157 Å². The first-order valence-corrected chi connectivity index (χ1v) is 9.22. The van der Waals surface area contributed by atoms with Crippen molar-refractivity contribution < 1.29 is 4.79 Å². The van der Waals surface area contributed by atoms with Gasteiger partial charge in [0, 0.05) is 13.1 Å². The minimum Gasteiger partial charge on any atom is -0.340 e. The number of nitriles is 2. The Morgan fingerprint density at radius 2 is 1.81 bits per heavy atom. The molecule has 134 valence electrons. The Morgan fingerprint density at radius 1 is 1.15 bits per heavy atom. The zero-order valence-corrected chi connectivity index (χ0v) is 15.4. The van der Waals surface area contributed by atoms with E-state index in [9.17, 15) is 4.79 Å². The molecule has 0 saturated carbocycles. The molecule has 0 atom stereocenters. The molecule has 26 heavy (non-hydrogen) atoms. The maximum Gasteiger partial charge on any atom is 0.233 e. The molecule has 1 aromatic carbocycles. The second kappa shape index (κ2) is 10.2.